The van der Waals surface area contributed by atoms with Gasteiger partial charge in [-0.1, -0.05) is 12.1 Å². The van der Waals surface area contributed by atoms with Gasteiger partial charge in [0.15, 0.2) is 6.10 Å². The fourth-order valence-corrected chi connectivity index (χ4v) is 5.74. The van der Waals surface area contributed by atoms with E-state index in [4.69, 9.17) is 9.72 Å². The summed E-state index contributed by atoms with van der Waals surface area (Å²) in [5, 5.41) is 11.0. The molecule has 0 spiro atoms. The first kappa shape index (κ1) is 21.9. The molecule has 6 heteroatoms. The van der Waals surface area contributed by atoms with Gasteiger partial charge in [-0.15, -0.1) is 11.3 Å². The second-order valence-corrected chi connectivity index (χ2v) is 10.4. The minimum atomic E-state index is -1.24. The molecule has 1 aliphatic carbocycles. The summed E-state index contributed by atoms with van der Waals surface area (Å²) in [5.74, 6) is -1.46. The van der Waals surface area contributed by atoms with Crippen molar-refractivity contribution in [2.24, 2.45) is 0 Å². The van der Waals surface area contributed by atoms with Gasteiger partial charge in [-0.25, -0.2) is 14.2 Å². The topological polar surface area (TPSA) is 59.4 Å². The number of aliphatic carboxylic acids is 1. The monoisotopic (exact) mass is 441 g/mol. The Labute approximate surface area is 186 Å². The molecular formula is C25H28FNO3S. The highest BCUT2D eigenvalue weighted by atomic mass is 32.1. The van der Waals surface area contributed by atoms with Crippen LogP contribution >= 0.6 is 11.3 Å². The van der Waals surface area contributed by atoms with Crippen LogP contribution in [0.4, 0.5) is 4.39 Å². The molecule has 1 N–H and O–H groups in total. The summed E-state index contributed by atoms with van der Waals surface area (Å²) in [7, 11) is 0. The first-order valence-electron chi connectivity index (χ1n) is 10.7. The maximum absolute atomic E-state index is 15.3. The lowest BCUT2D eigenvalue weighted by Crippen LogP contribution is -2.28. The SMILES string of the molecule is Cc1ccc(-c2c([C@H](OC(C)(C)C)C(=O)O)c(C)nc3sc4c(c23)CCCC4)c(F)c1. The minimum Gasteiger partial charge on any atom is -0.479 e. The van der Waals surface area contributed by atoms with Crippen molar-refractivity contribution >= 4 is 27.5 Å². The lowest BCUT2D eigenvalue weighted by molar-refractivity contribution is -0.160. The molecule has 0 amide bonds. The molecule has 0 saturated carbocycles. The second kappa shape index (κ2) is 7.99. The Morgan fingerprint density at radius 2 is 1.94 bits per heavy atom. The summed E-state index contributed by atoms with van der Waals surface area (Å²) >= 11 is 1.65. The molecule has 4 rings (SSSR count). The van der Waals surface area contributed by atoms with Crippen LogP contribution in [0.15, 0.2) is 18.2 Å². The van der Waals surface area contributed by atoms with E-state index in [1.165, 1.54) is 16.5 Å². The number of hydrogen-bond donors (Lipinski definition) is 1. The normalized spacial score (nSPS) is 15.2. The maximum atomic E-state index is 15.3. The predicted molar refractivity (Wildman–Crippen MR) is 122 cm³/mol. The molecule has 1 atom stereocenters. The van der Waals surface area contributed by atoms with E-state index < -0.39 is 17.7 Å². The van der Waals surface area contributed by atoms with E-state index in [1.807, 2.05) is 33.8 Å². The molecule has 1 aromatic carbocycles. The largest absolute Gasteiger partial charge is 0.479 e. The molecule has 0 bridgehead atoms. The highest BCUT2D eigenvalue weighted by molar-refractivity contribution is 7.19. The first-order valence-corrected chi connectivity index (χ1v) is 11.5. The maximum Gasteiger partial charge on any atom is 0.337 e. The summed E-state index contributed by atoms with van der Waals surface area (Å²) in [6, 6.07) is 5.12. The molecule has 0 aliphatic heterocycles. The number of aromatic nitrogens is 1. The van der Waals surface area contributed by atoms with Crippen LogP contribution in [-0.4, -0.2) is 21.7 Å². The summed E-state index contributed by atoms with van der Waals surface area (Å²) in [4.78, 5) is 19.3. The lowest BCUT2D eigenvalue weighted by atomic mass is 9.87. The fourth-order valence-electron chi connectivity index (χ4n) is 4.43. The number of ether oxygens (including phenoxy) is 1. The van der Waals surface area contributed by atoms with Gasteiger partial charge in [0, 0.05) is 32.6 Å². The number of hydrogen-bond acceptors (Lipinski definition) is 4. The Balaban J connectivity index is 2.12. The van der Waals surface area contributed by atoms with Crippen molar-refractivity contribution in [3.05, 3.63) is 51.3 Å². The average Bonchev–Trinajstić information content (AvgIpc) is 3.02. The van der Waals surface area contributed by atoms with Crippen molar-refractivity contribution in [2.45, 2.75) is 72.0 Å². The third-order valence-electron chi connectivity index (χ3n) is 5.68. The Bertz CT molecular complexity index is 1180. The van der Waals surface area contributed by atoms with Gasteiger partial charge in [0.2, 0.25) is 0 Å². The van der Waals surface area contributed by atoms with Crippen molar-refractivity contribution in [3.8, 4) is 11.1 Å². The summed E-state index contributed by atoms with van der Waals surface area (Å²) in [6.07, 6.45) is 2.84. The number of rotatable bonds is 4. The second-order valence-electron chi connectivity index (χ2n) is 9.31. The van der Waals surface area contributed by atoms with Crippen molar-refractivity contribution in [1.82, 2.24) is 4.98 Å². The molecular weight excluding hydrogens is 413 g/mol. The van der Waals surface area contributed by atoms with Crippen molar-refractivity contribution < 1.29 is 19.0 Å². The van der Waals surface area contributed by atoms with E-state index in [9.17, 15) is 9.90 Å². The molecule has 4 nitrogen and oxygen atoms in total. The molecule has 2 aromatic heterocycles. The number of nitrogens with zero attached hydrogens (tertiary/aromatic N) is 1. The number of carbonyl (C=O) groups is 1. The molecule has 0 radical (unpaired) electrons. The van der Waals surface area contributed by atoms with E-state index in [-0.39, 0.29) is 5.82 Å². The Morgan fingerprint density at radius 3 is 2.58 bits per heavy atom. The zero-order chi connectivity index (χ0) is 22.5. The van der Waals surface area contributed by atoms with Gasteiger partial charge in [-0.05, 0) is 77.5 Å². The van der Waals surface area contributed by atoms with Crippen LogP contribution in [0.3, 0.4) is 0 Å². The zero-order valence-corrected chi connectivity index (χ0v) is 19.5. The van der Waals surface area contributed by atoms with Crippen LogP contribution in [0.25, 0.3) is 21.3 Å². The fraction of sp³-hybridized carbons (Fsp3) is 0.440. The van der Waals surface area contributed by atoms with Crippen LogP contribution in [-0.2, 0) is 22.4 Å². The standard InChI is InChI=1S/C25H28FNO3S/c1-13-10-11-15(17(26)12-13)20-19(22(24(28)29)30-25(3,4)5)14(2)27-23-21(20)16-8-6-7-9-18(16)31-23/h10-12,22H,6-9H2,1-5H3,(H,28,29)/t22-/m0/s1. The van der Waals surface area contributed by atoms with Crippen LogP contribution < -0.4 is 0 Å². The number of carboxylic acids is 1. The summed E-state index contributed by atoms with van der Waals surface area (Å²) in [5.41, 5.74) is 3.36. The Morgan fingerprint density at radius 1 is 1.23 bits per heavy atom. The number of pyridine rings is 1. The molecule has 3 aromatic rings. The van der Waals surface area contributed by atoms with Crippen molar-refractivity contribution in [1.29, 1.82) is 0 Å². The van der Waals surface area contributed by atoms with E-state index >= 15 is 4.39 Å². The third kappa shape index (κ3) is 4.11. The molecule has 1 aliphatic rings. The molecule has 2 heterocycles. The van der Waals surface area contributed by atoms with E-state index in [2.05, 4.69) is 0 Å². The van der Waals surface area contributed by atoms with Crippen LogP contribution in [0, 0.1) is 19.7 Å². The highest BCUT2D eigenvalue weighted by Crippen LogP contribution is 2.46. The smallest absolute Gasteiger partial charge is 0.337 e. The summed E-state index contributed by atoms with van der Waals surface area (Å²) in [6.45, 7) is 9.11. The molecule has 0 unspecified atom stereocenters. The van der Waals surface area contributed by atoms with Gasteiger partial charge in [0.25, 0.3) is 0 Å². The highest BCUT2D eigenvalue weighted by Gasteiger charge is 2.34. The van der Waals surface area contributed by atoms with E-state index in [1.54, 1.807) is 24.3 Å². The number of halogens is 1. The van der Waals surface area contributed by atoms with Gasteiger partial charge in [-0.2, -0.15) is 0 Å². The third-order valence-corrected chi connectivity index (χ3v) is 6.87. The van der Waals surface area contributed by atoms with Crippen LogP contribution in [0.1, 0.15) is 67.0 Å². The number of aryl methyl sites for hydroxylation is 4. The molecule has 164 valence electrons. The van der Waals surface area contributed by atoms with Gasteiger partial charge in [-0.3, -0.25) is 0 Å². The number of fused-ring (bicyclic) bond motifs is 3. The minimum absolute atomic E-state index is 0.358. The number of thiophene rings is 1. The van der Waals surface area contributed by atoms with E-state index in [0.717, 1.165) is 41.5 Å². The predicted octanol–water partition coefficient (Wildman–Crippen LogP) is 6.54. The Kier molecular flexibility index (Phi) is 5.64. The van der Waals surface area contributed by atoms with Crippen LogP contribution in [0.2, 0.25) is 0 Å². The molecule has 0 saturated heterocycles. The molecule has 0 fully saturated rings. The van der Waals surface area contributed by atoms with Crippen LogP contribution in [0.5, 0.6) is 0 Å². The number of benzene rings is 1. The molecule has 31 heavy (non-hydrogen) atoms. The van der Waals surface area contributed by atoms with Crippen molar-refractivity contribution in [2.75, 3.05) is 0 Å². The van der Waals surface area contributed by atoms with Gasteiger partial charge in [0.05, 0.1) is 5.60 Å². The summed E-state index contributed by atoms with van der Waals surface area (Å²) < 4.78 is 21.3. The van der Waals surface area contributed by atoms with Gasteiger partial charge >= 0.3 is 5.97 Å². The van der Waals surface area contributed by atoms with Gasteiger partial charge in [0.1, 0.15) is 10.6 Å². The van der Waals surface area contributed by atoms with Crippen molar-refractivity contribution in [3.63, 3.8) is 0 Å². The van der Waals surface area contributed by atoms with Gasteiger partial charge < -0.3 is 9.84 Å². The zero-order valence-electron chi connectivity index (χ0n) is 18.6. The van der Waals surface area contributed by atoms with E-state index in [0.29, 0.717) is 22.4 Å². The number of carboxylic acid groups (broad SMARTS) is 1. The first-order chi connectivity index (χ1) is 14.6. The quantitative estimate of drug-likeness (QED) is 0.499. The lowest BCUT2D eigenvalue weighted by Gasteiger charge is -2.28. The Hall–Kier alpha value is -2.31. The average molecular weight is 442 g/mol.